The Labute approximate surface area is 96.4 Å². The number of fused-ring (bicyclic) bond motifs is 1. The first kappa shape index (κ1) is 11.0. The standard InChI is InChI=1S/C11H9N3O3/c1-7(15)13-10-5-4-9-8(3-2-6-12-9)11(10)14(16)17/h2-6H,1H3,(H,13,15). The van der Waals surface area contributed by atoms with E-state index in [1.165, 1.54) is 13.0 Å². The molecule has 0 unspecified atom stereocenters. The molecule has 0 saturated heterocycles. The summed E-state index contributed by atoms with van der Waals surface area (Å²) in [5.41, 5.74) is 0.571. The molecule has 0 spiro atoms. The van der Waals surface area contributed by atoms with Gasteiger partial charge in [-0.05, 0) is 24.3 Å². The third-order valence-corrected chi connectivity index (χ3v) is 2.25. The first-order valence-corrected chi connectivity index (χ1v) is 4.89. The van der Waals surface area contributed by atoms with Gasteiger partial charge in [-0.15, -0.1) is 0 Å². The lowest BCUT2D eigenvalue weighted by Gasteiger charge is -2.05. The molecule has 0 aliphatic heterocycles. The highest BCUT2D eigenvalue weighted by Gasteiger charge is 2.19. The molecule has 86 valence electrons. The van der Waals surface area contributed by atoms with E-state index in [0.717, 1.165) is 0 Å². The molecular formula is C11H9N3O3. The molecule has 2 rings (SSSR count). The zero-order chi connectivity index (χ0) is 12.4. The lowest BCUT2D eigenvalue weighted by molar-refractivity contribution is -0.382. The van der Waals surface area contributed by atoms with Crippen molar-refractivity contribution in [1.82, 2.24) is 4.98 Å². The number of nitro benzene ring substituents is 1. The molecule has 2 aromatic rings. The van der Waals surface area contributed by atoms with Crippen LogP contribution in [0.2, 0.25) is 0 Å². The molecule has 0 fully saturated rings. The van der Waals surface area contributed by atoms with Crippen LogP contribution >= 0.6 is 0 Å². The van der Waals surface area contributed by atoms with Crippen LogP contribution in [0, 0.1) is 10.1 Å². The van der Waals surface area contributed by atoms with Crippen molar-refractivity contribution in [1.29, 1.82) is 0 Å². The van der Waals surface area contributed by atoms with Gasteiger partial charge < -0.3 is 5.32 Å². The van der Waals surface area contributed by atoms with E-state index < -0.39 is 4.92 Å². The van der Waals surface area contributed by atoms with E-state index >= 15 is 0 Å². The summed E-state index contributed by atoms with van der Waals surface area (Å²) in [4.78, 5) is 25.5. The normalized spacial score (nSPS) is 10.2. The highest BCUT2D eigenvalue weighted by atomic mass is 16.6. The number of hydrogen-bond acceptors (Lipinski definition) is 4. The van der Waals surface area contributed by atoms with Gasteiger partial charge in [-0.25, -0.2) is 0 Å². The zero-order valence-corrected chi connectivity index (χ0v) is 9.01. The second-order valence-electron chi connectivity index (χ2n) is 3.47. The van der Waals surface area contributed by atoms with Crippen LogP contribution in [0.3, 0.4) is 0 Å². The highest BCUT2D eigenvalue weighted by Crippen LogP contribution is 2.32. The first-order valence-electron chi connectivity index (χ1n) is 4.89. The lowest BCUT2D eigenvalue weighted by atomic mass is 10.1. The van der Waals surface area contributed by atoms with Crippen LogP contribution in [0.15, 0.2) is 30.5 Å². The molecule has 0 radical (unpaired) electrons. The summed E-state index contributed by atoms with van der Waals surface area (Å²) in [5, 5.41) is 13.9. The van der Waals surface area contributed by atoms with Gasteiger partial charge in [0.1, 0.15) is 5.69 Å². The topological polar surface area (TPSA) is 85.1 Å². The minimum Gasteiger partial charge on any atom is -0.321 e. The van der Waals surface area contributed by atoms with E-state index in [0.29, 0.717) is 10.9 Å². The maximum Gasteiger partial charge on any atom is 0.302 e. The van der Waals surface area contributed by atoms with Gasteiger partial charge in [-0.3, -0.25) is 19.9 Å². The smallest absolute Gasteiger partial charge is 0.302 e. The minimum absolute atomic E-state index is 0.134. The lowest BCUT2D eigenvalue weighted by Crippen LogP contribution is -2.08. The number of carbonyl (C=O) groups excluding carboxylic acids is 1. The molecule has 0 aliphatic carbocycles. The maximum atomic E-state index is 11.0. The molecule has 0 saturated carbocycles. The fourth-order valence-corrected chi connectivity index (χ4v) is 1.62. The SMILES string of the molecule is CC(=O)Nc1ccc2ncccc2c1[N+](=O)[O-]. The number of nitrogens with one attached hydrogen (secondary N) is 1. The van der Waals surface area contributed by atoms with E-state index in [4.69, 9.17) is 0 Å². The summed E-state index contributed by atoms with van der Waals surface area (Å²) in [5.74, 6) is -0.351. The number of nitrogens with zero attached hydrogens (tertiary/aromatic N) is 2. The van der Waals surface area contributed by atoms with E-state index in [-0.39, 0.29) is 17.3 Å². The Bertz CT molecular complexity index is 610. The summed E-state index contributed by atoms with van der Waals surface area (Å²) >= 11 is 0. The van der Waals surface area contributed by atoms with E-state index in [1.54, 1.807) is 24.4 Å². The molecular weight excluding hydrogens is 222 g/mol. The summed E-state index contributed by atoms with van der Waals surface area (Å²) < 4.78 is 0. The molecule has 1 N–H and O–H groups in total. The van der Waals surface area contributed by atoms with Crippen LogP contribution in [-0.2, 0) is 4.79 Å². The Morgan fingerprint density at radius 2 is 2.18 bits per heavy atom. The fourth-order valence-electron chi connectivity index (χ4n) is 1.62. The third kappa shape index (κ3) is 2.05. The monoisotopic (exact) mass is 231 g/mol. The van der Waals surface area contributed by atoms with Crippen LogP contribution in [0.25, 0.3) is 10.9 Å². The number of nitro groups is 1. The van der Waals surface area contributed by atoms with Crippen molar-refractivity contribution in [3.05, 3.63) is 40.6 Å². The highest BCUT2D eigenvalue weighted by molar-refractivity contribution is 6.00. The molecule has 0 aliphatic rings. The van der Waals surface area contributed by atoms with Gasteiger partial charge in [0.15, 0.2) is 0 Å². The van der Waals surface area contributed by atoms with Gasteiger partial charge in [0.05, 0.1) is 15.8 Å². The van der Waals surface area contributed by atoms with E-state index in [2.05, 4.69) is 10.3 Å². The van der Waals surface area contributed by atoms with Crippen LogP contribution in [-0.4, -0.2) is 15.8 Å². The molecule has 0 atom stereocenters. The first-order chi connectivity index (χ1) is 8.09. The fraction of sp³-hybridized carbons (Fsp3) is 0.0909. The van der Waals surface area contributed by atoms with E-state index in [1.807, 2.05) is 0 Å². The number of pyridine rings is 1. The summed E-state index contributed by atoms with van der Waals surface area (Å²) in [6, 6.07) is 6.33. The predicted octanol–water partition coefficient (Wildman–Crippen LogP) is 2.10. The summed E-state index contributed by atoms with van der Waals surface area (Å²) in [6.07, 6.45) is 1.56. The molecule has 17 heavy (non-hydrogen) atoms. The van der Waals surface area contributed by atoms with Crippen molar-refractivity contribution < 1.29 is 9.72 Å². The molecule has 1 heterocycles. The van der Waals surface area contributed by atoms with Crippen LogP contribution in [0.5, 0.6) is 0 Å². The number of anilines is 1. The predicted molar refractivity (Wildman–Crippen MR) is 62.7 cm³/mol. The van der Waals surface area contributed by atoms with Crippen molar-refractivity contribution in [3.8, 4) is 0 Å². The average molecular weight is 231 g/mol. The Morgan fingerprint density at radius 3 is 2.82 bits per heavy atom. The van der Waals surface area contributed by atoms with Gasteiger partial charge in [-0.2, -0.15) is 0 Å². The zero-order valence-electron chi connectivity index (χ0n) is 9.01. The molecule has 6 heteroatoms. The van der Waals surface area contributed by atoms with Gasteiger partial charge in [-0.1, -0.05) is 0 Å². The van der Waals surface area contributed by atoms with Crippen molar-refractivity contribution in [3.63, 3.8) is 0 Å². The molecule has 6 nitrogen and oxygen atoms in total. The Balaban J connectivity index is 2.72. The summed E-state index contributed by atoms with van der Waals surface area (Å²) in [7, 11) is 0. The van der Waals surface area contributed by atoms with Crippen molar-refractivity contribution in [2.45, 2.75) is 6.92 Å². The number of amides is 1. The molecule has 1 amide bonds. The number of aromatic nitrogens is 1. The average Bonchev–Trinajstić information content (AvgIpc) is 2.27. The van der Waals surface area contributed by atoms with Gasteiger partial charge in [0, 0.05) is 13.1 Å². The second kappa shape index (κ2) is 4.17. The van der Waals surface area contributed by atoms with Crippen molar-refractivity contribution in [2.75, 3.05) is 5.32 Å². The minimum atomic E-state index is -0.519. The molecule has 1 aromatic carbocycles. The molecule has 0 bridgehead atoms. The Kier molecular flexibility index (Phi) is 2.70. The van der Waals surface area contributed by atoms with Crippen molar-refractivity contribution >= 4 is 28.2 Å². The van der Waals surface area contributed by atoms with E-state index in [9.17, 15) is 14.9 Å². The van der Waals surface area contributed by atoms with Gasteiger partial charge >= 0.3 is 5.69 Å². The quantitative estimate of drug-likeness (QED) is 0.633. The Morgan fingerprint density at radius 1 is 1.41 bits per heavy atom. The van der Waals surface area contributed by atoms with Gasteiger partial charge in [0.25, 0.3) is 0 Å². The number of rotatable bonds is 2. The number of carbonyl (C=O) groups is 1. The second-order valence-corrected chi connectivity index (χ2v) is 3.47. The van der Waals surface area contributed by atoms with Crippen LogP contribution < -0.4 is 5.32 Å². The number of benzene rings is 1. The third-order valence-electron chi connectivity index (χ3n) is 2.25. The number of hydrogen-bond donors (Lipinski definition) is 1. The maximum absolute atomic E-state index is 11.0. The van der Waals surface area contributed by atoms with Gasteiger partial charge in [0.2, 0.25) is 5.91 Å². The van der Waals surface area contributed by atoms with Crippen LogP contribution in [0.1, 0.15) is 6.92 Å². The Hall–Kier alpha value is -2.50. The van der Waals surface area contributed by atoms with Crippen LogP contribution in [0.4, 0.5) is 11.4 Å². The van der Waals surface area contributed by atoms with Crippen molar-refractivity contribution in [2.24, 2.45) is 0 Å². The largest absolute Gasteiger partial charge is 0.321 e. The summed E-state index contributed by atoms with van der Waals surface area (Å²) in [6.45, 7) is 1.30. The molecule has 1 aromatic heterocycles.